The van der Waals surface area contributed by atoms with Crippen molar-refractivity contribution < 1.29 is 0 Å². The first-order chi connectivity index (χ1) is 12.7. The van der Waals surface area contributed by atoms with Gasteiger partial charge in [0.05, 0.1) is 0 Å². The zero-order valence-electron chi connectivity index (χ0n) is 14.5. The molecule has 0 aromatic heterocycles. The molecule has 0 nitrogen and oxygen atoms in total. The van der Waals surface area contributed by atoms with E-state index in [1.54, 1.807) is 0 Å². The average molecular weight is 417 g/mol. The average Bonchev–Trinajstić information content (AvgIpc) is 2.76. The van der Waals surface area contributed by atoms with E-state index in [-0.39, 0.29) is 0 Å². The molecule has 0 aliphatic carbocycles. The quantitative estimate of drug-likeness (QED) is 0.491. The Bertz CT molecular complexity index is 750. The second-order valence-corrected chi connectivity index (χ2v) is 16.2. The summed E-state index contributed by atoms with van der Waals surface area (Å²) in [5, 5.41) is 3.80. The Kier molecular flexibility index (Phi) is 5.39. The van der Waals surface area contributed by atoms with Gasteiger partial charge < -0.3 is 0 Å². The fourth-order valence-corrected chi connectivity index (χ4v) is 16.9. The van der Waals surface area contributed by atoms with Gasteiger partial charge in [-0.25, -0.2) is 0 Å². The summed E-state index contributed by atoms with van der Waals surface area (Å²) in [6, 6.07) is 32.4. The van der Waals surface area contributed by atoms with Gasteiger partial charge in [-0.2, -0.15) is 0 Å². The van der Waals surface area contributed by atoms with Crippen LogP contribution in [0.5, 0.6) is 0 Å². The van der Waals surface area contributed by atoms with E-state index >= 15 is 0 Å². The molecule has 0 spiro atoms. The van der Waals surface area contributed by atoms with Crippen molar-refractivity contribution in [1.29, 1.82) is 0 Å². The van der Waals surface area contributed by atoms with E-state index in [0.717, 1.165) is 0 Å². The number of benzene rings is 3. The Morgan fingerprint density at radius 1 is 0.615 bits per heavy atom. The van der Waals surface area contributed by atoms with Gasteiger partial charge in [-0.1, -0.05) is 0 Å². The summed E-state index contributed by atoms with van der Waals surface area (Å²) in [4.78, 5) is 0. The van der Waals surface area contributed by atoms with Gasteiger partial charge in [-0.05, 0) is 0 Å². The molecular formula is C22H22ClPS2. The van der Waals surface area contributed by atoms with Crippen molar-refractivity contribution in [3.63, 3.8) is 0 Å². The second-order valence-electron chi connectivity index (χ2n) is 6.48. The number of rotatable bonds is 4. The van der Waals surface area contributed by atoms with E-state index in [9.17, 15) is 0 Å². The molecule has 1 fully saturated rings. The number of halogens is 1. The monoisotopic (exact) mass is 416 g/mol. The molecule has 0 saturated carbocycles. The predicted molar refractivity (Wildman–Crippen MR) is 124 cm³/mol. The van der Waals surface area contributed by atoms with Crippen LogP contribution < -0.4 is 15.9 Å². The zero-order valence-corrected chi connectivity index (χ0v) is 17.8. The van der Waals surface area contributed by atoms with Crippen molar-refractivity contribution in [1.82, 2.24) is 0 Å². The van der Waals surface area contributed by atoms with Gasteiger partial charge in [0.25, 0.3) is 0 Å². The molecule has 4 rings (SSSR count). The number of hydrogen-bond acceptors (Lipinski definition) is 2. The van der Waals surface area contributed by atoms with Crippen LogP contribution in [0.1, 0.15) is 6.42 Å². The molecule has 0 radical (unpaired) electrons. The molecule has 0 atom stereocenters. The maximum atomic E-state index is 8.14. The summed E-state index contributed by atoms with van der Waals surface area (Å²) >= 11 is 12.2. The third-order valence-corrected chi connectivity index (χ3v) is 18.6. The van der Waals surface area contributed by atoms with Gasteiger partial charge in [0, 0.05) is 0 Å². The molecule has 0 N–H and O–H groups in total. The molecule has 1 saturated heterocycles. The van der Waals surface area contributed by atoms with Crippen molar-refractivity contribution in [3.05, 3.63) is 91.0 Å². The second kappa shape index (κ2) is 7.60. The number of thioether (sulfide) groups is 2. The van der Waals surface area contributed by atoms with Crippen molar-refractivity contribution in [2.24, 2.45) is 0 Å². The van der Waals surface area contributed by atoms with Crippen molar-refractivity contribution in [2.45, 2.75) is 10.7 Å². The van der Waals surface area contributed by atoms with E-state index in [4.69, 9.17) is 11.2 Å². The van der Waals surface area contributed by atoms with Gasteiger partial charge >= 0.3 is 170 Å². The summed E-state index contributed by atoms with van der Waals surface area (Å²) in [6.45, 7) is 0. The molecule has 0 amide bonds. The van der Waals surface area contributed by atoms with Crippen molar-refractivity contribution in [2.75, 3.05) is 11.5 Å². The van der Waals surface area contributed by atoms with E-state index < -0.39 is 5.96 Å². The third kappa shape index (κ3) is 2.83. The minimum absolute atomic E-state index is 0.323. The normalized spacial score (nSPS) is 17.3. The van der Waals surface area contributed by atoms with E-state index in [1.807, 2.05) is 23.5 Å². The fraction of sp³-hybridized carbons (Fsp3) is 0.182. The van der Waals surface area contributed by atoms with Crippen LogP contribution in [-0.2, 0) is 0 Å². The van der Waals surface area contributed by atoms with Gasteiger partial charge in [0.15, 0.2) is 0 Å². The molecule has 134 valence electrons. The van der Waals surface area contributed by atoms with Crippen molar-refractivity contribution >= 4 is 56.6 Å². The maximum absolute atomic E-state index is 8.14. The van der Waals surface area contributed by atoms with Gasteiger partial charge in [0.2, 0.25) is 0 Å². The summed E-state index contributed by atoms with van der Waals surface area (Å²) in [6.07, 6.45) is 1.26. The molecule has 1 aliphatic rings. The minimum atomic E-state index is -3.14. The standard InChI is InChI=1S/C22H22ClPS2/c23-24(19-11-4-1-5-12-19,20-13-6-2-7-14-20,21-15-8-3-9-16-21)22-25-17-10-18-26-22/h1-9,11-16,22H,10,17-18H2. The molecule has 0 bridgehead atoms. The SMILES string of the molecule is ClP(c1ccccc1)(c1ccccc1)(c1ccccc1)C1SCCCS1. The molecule has 3 aromatic rings. The van der Waals surface area contributed by atoms with Crippen LogP contribution in [0.15, 0.2) is 91.0 Å². The third-order valence-electron chi connectivity index (χ3n) is 4.99. The Morgan fingerprint density at radius 2 is 0.962 bits per heavy atom. The van der Waals surface area contributed by atoms with Crippen LogP contribution in [0.2, 0.25) is 0 Å². The predicted octanol–water partition coefficient (Wildman–Crippen LogP) is 5.82. The van der Waals surface area contributed by atoms with Crippen LogP contribution in [-0.4, -0.2) is 15.8 Å². The fourth-order valence-electron chi connectivity index (χ4n) is 3.73. The van der Waals surface area contributed by atoms with Gasteiger partial charge in [-0.15, -0.1) is 0 Å². The van der Waals surface area contributed by atoms with Crippen LogP contribution >= 0.6 is 40.7 Å². The van der Waals surface area contributed by atoms with E-state index in [1.165, 1.54) is 33.8 Å². The first-order valence-corrected chi connectivity index (χ1v) is 14.2. The Morgan fingerprint density at radius 3 is 1.31 bits per heavy atom. The van der Waals surface area contributed by atoms with Crippen LogP contribution in [0, 0.1) is 0 Å². The Labute approximate surface area is 169 Å². The molecule has 26 heavy (non-hydrogen) atoms. The van der Waals surface area contributed by atoms with Crippen molar-refractivity contribution in [3.8, 4) is 0 Å². The molecule has 4 heteroatoms. The molecule has 1 heterocycles. The first kappa shape index (κ1) is 18.4. The summed E-state index contributed by atoms with van der Waals surface area (Å²) in [5.41, 5.74) is 0. The molecule has 1 aliphatic heterocycles. The zero-order chi connectivity index (χ0) is 17.9. The number of hydrogen-bond donors (Lipinski definition) is 0. The van der Waals surface area contributed by atoms with E-state index in [2.05, 4.69) is 91.0 Å². The van der Waals surface area contributed by atoms with Crippen LogP contribution in [0.4, 0.5) is 0 Å². The molecule has 3 aromatic carbocycles. The molecular weight excluding hydrogens is 395 g/mol. The topological polar surface area (TPSA) is 0 Å². The van der Waals surface area contributed by atoms with Gasteiger partial charge in [-0.3, -0.25) is 0 Å². The van der Waals surface area contributed by atoms with Crippen LogP contribution in [0.25, 0.3) is 0 Å². The van der Waals surface area contributed by atoms with Gasteiger partial charge in [0.1, 0.15) is 0 Å². The Balaban J connectivity index is 2.10. The first-order valence-electron chi connectivity index (χ1n) is 8.88. The Hall–Kier alpha value is -0.920. The van der Waals surface area contributed by atoms with Crippen LogP contribution in [0.3, 0.4) is 0 Å². The summed E-state index contributed by atoms with van der Waals surface area (Å²) < 4.78 is 0.323. The van der Waals surface area contributed by atoms with E-state index in [0.29, 0.717) is 4.32 Å². The summed E-state index contributed by atoms with van der Waals surface area (Å²) in [7, 11) is 0. The molecule has 0 unspecified atom stereocenters. The summed E-state index contributed by atoms with van der Waals surface area (Å²) in [5.74, 6) is -0.790.